The molecule has 0 heterocycles. The highest BCUT2D eigenvalue weighted by Gasteiger charge is 2.22. The summed E-state index contributed by atoms with van der Waals surface area (Å²) in [5, 5.41) is 12.6. The summed E-state index contributed by atoms with van der Waals surface area (Å²) in [6, 6.07) is 16.5. The molecule has 0 saturated carbocycles. The van der Waals surface area contributed by atoms with Crippen LogP contribution in [0.5, 0.6) is 11.5 Å². The van der Waals surface area contributed by atoms with E-state index in [-0.39, 0.29) is 28.6 Å². The predicted molar refractivity (Wildman–Crippen MR) is 148 cm³/mol. The van der Waals surface area contributed by atoms with Crippen LogP contribution in [0.4, 0.5) is 5.69 Å². The Balaban J connectivity index is 1.96. The zero-order valence-electron chi connectivity index (χ0n) is 19.6. The second-order valence-electron chi connectivity index (χ2n) is 7.67. The van der Waals surface area contributed by atoms with Crippen LogP contribution in [0.2, 0.25) is 5.02 Å². The molecular formula is C26H22ClIN2O5S. The van der Waals surface area contributed by atoms with Crippen molar-refractivity contribution in [3.8, 4) is 17.6 Å². The van der Waals surface area contributed by atoms with Gasteiger partial charge in [-0.15, -0.1) is 0 Å². The summed E-state index contributed by atoms with van der Waals surface area (Å²) < 4.78 is 37.2. The summed E-state index contributed by atoms with van der Waals surface area (Å²) in [5.41, 5.74) is 2.35. The van der Waals surface area contributed by atoms with E-state index in [0.717, 1.165) is 11.1 Å². The smallest absolute Gasteiger partial charge is 0.339 e. The van der Waals surface area contributed by atoms with Crippen LogP contribution in [0.25, 0.3) is 6.08 Å². The van der Waals surface area contributed by atoms with Crippen molar-refractivity contribution >= 4 is 62.0 Å². The number of benzene rings is 3. The Morgan fingerprint density at radius 3 is 2.47 bits per heavy atom. The van der Waals surface area contributed by atoms with Crippen LogP contribution in [0.3, 0.4) is 0 Å². The summed E-state index contributed by atoms with van der Waals surface area (Å²) in [5.74, 6) is -0.459. The molecule has 36 heavy (non-hydrogen) atoms. The molecular weight excluding hydrogens is 615 g/mol. The van der Waals surface area contributed by atoms with Crippen molar-refractivity contribution in [2.45, 2.75) is 25.7 Å². The van der Waals surface area contributed by atoms with Gasteiger partial charge in [-0.3, -0.25) is 4.79 Å². The zero-order valence-corrected chi connectivity index (χ0v) is 23.4. The molecule has 0 saturated heterocycles. The Hall–Kier alpha value is -3.07. The van der Waals surface area contributed by atoms with Gasteiger partial charge in [0, 0.05) is 0 Å². The van der Waals surface area contributed by atoms with E-state index in [1.54, 1.807) is 50.2 Å². The van der Waals surface area contributed by atoms with Crippen LogP contribution in [0, 0.1) is 28.7 Å². The number of hydrogen-bond donors (Lipinski definition) is 1. The van der Waals surface area contributed by atoms with Crippen molar-refractivity contribution in [2.24, 2.45) is 0 Å². The second kappa shape index (κ2) is 11.8. The normalized spacial score (nSPS) is 11.5. The predicted octanol–water partition coefficient (Wildman–Crippen LogP) is 6.27. The fourth-order valence-corrected chi connectivity index (χ4v) is 5.28. The van der Waals surface area contributed by atoms with Gasteiger partial charge in [-0.05, 0) is 90.9 Å². The van der Waals surface area contributed by atoms with Gasteiger partial charge in [-0.1, -0.05) is 41.4 Å². The lowest BCUT2D eigenvalue weighted by atomic mass is 10.1. The number of hydrogen-bond acceptors (Lipinski definition) is 6. The number of nitrogens with zero attached hydrogens (tertiary/aromatic N) is 1. The van der Waals surface area contributed by atoms with Gasteiger partial charge in [-0.2, -0.15) is 13.7 Å². The van der Waals surface area contributed by atoms with Gasteiger partial charge in [-0.25, -0.2) is 0 Å². The third-order valence-corrected chi connectivity index (χ3v) is 7.32. The Morgan fingerprint density at radius 1 is 1.17 bits per heavy atom. The van der Waals surface area contributed by atoms with Crippen LogP contribution >= 0.6 is 34.2 Å². The molecule has 1 amide bonds. The first kappa shape index (κ1) is 27.5. The van der Waals surface area contributed by atoms with Gasteiger partial charge in [0.15, 0.2) is 11.5 Å². The molecule has 0 fully saturated rings. The summed E-state index contributed by atoms with van der Waals surface area (Å²) in [6.07, 6.45) is 1.38. The number of anilines is 1. The first-order valence-electron chi connectivity index (χ1n) is 10.7. The molecule has 7 nitrogen and oxygen atoms in total. The summed E-state index contributed by atoms with van der Waals surface area (Å²) in [6.45, 7) is 5.62. The Kier molecular flexibility index (Phi) is 9.00. The van der Waals surface area contributed by atoms with E-state index in [9.17, 15) is 18.5 Å². The van der Waals surface area contributed by atoms with E-state index >= 15 is 0 Å². The molecule has 0 aromatic heterocycles. The zero-order chi connectivity index (χ0) is 26.5. The standard InChI is InChI=1S/C26H22ClIN2O5S/c1-4-34-23-14-18(12-19(15-29)26(31)30-24-17(3)6-5-7-21(24)27)13-22(28)25(23)35-36(32,33)20-10-8-16(2)9-11-20/h5-14H,4H2,1-3H3,(H,30,31)/b19-12+. The van der Waals surface area contributed by atoms with E-state index in [1.165, 1.54) is 24.3 Å². The van der Waals surface area contributed by atoms with E-state index in [1.807, 2.05) is 35.6 Å². The number of amides is 1. The molecule has 3 rings (SSSR count). The summed E-state index contributed by atoms with van der Waals surface area (Å²) >= 11 is 8.10. The quantitative estimate of drug-likeness (QED) is 0.135. The lowest BCUT2D eigenvalue weighted by molar-refractivity contribution is -0.112. The van der Waals surface area contributed by atoms with Crippen molar-refractivity contribution in [3.05, 3.63) is 85.5 Å². The first-order valence-corrected chi connectivity index (χ1v) is 13.6. The molecule has 0 atom stereocenters. The van der Waals surface area contributed by atoms with E-state index in [4.69, 9.17) is 20.5 Å². The number of nitrogens with one attached hydrogen (secondary N) is 1. The molecule has 0 spiro atoms. The maximum absolute atomic E-state index is 12.8. The Labute approximate surface area is 229 Å². The molecule has 3 aromatic carbocycles. The highest BCUT2D eigenvalue weighted by Crippen LogP contribution is 2.37. The number of aryl methyl sites for hydroxylation is 2. The molecule has 10 heteroatoms. The molecule has 0 radical (unpaired) electrons. The number of halogens is 2. The van der Waals surface area contributed by atoms with E-state index in [2.05, 4.69) is 5.32 Å². The number of rotatable bonds is 8. The Bertz CT molecular complexity index is 1460. The topological polar surface area (TPSA) is 105 Å². The van der Waals surface area contributed by atoms with Crippen molar-refractivity contribution < 1.29 is 22.1 Å². The van der Waals surface area contributed by atoms with Gasteiger partial charge >= 0.3 is 10.1 Å². The van der Waals surface area contributed by atoms with Gasteiger partial charge in [0.25, 0.3) is 5.91 Å². The fraction of sp³-hybridized carbons (Fsp3) is 0.154. The number of ether oxygens (including phenoxy) is 1. The maximum Gasteiger partial charge on any atom is 0.339 e. The molecule has 1 N–H and O–H groups in total. The molecule has 186 valence electrons. The lowest BCUT2D eigenvalue weighted by Crippen LogP contribution is -2.14. The SMILES string of the molecule is CCOc1cc(/C=C(\C#N)C(=O)Nc2c(C)cccc2Cl)cc(I)c1OS(=O)(=O)c1ccc(C)cc1. The third kappa shape index (κ3) is 6.57. The highest BCUT2D eigenvalue weighted by molar-refractivity contribution is 14.1. The van der Waals surface area contributed by atoms with E-state index in [0.29, 0.717) is 19.8 Å². The molecule has 3 aromatic rings. The average Bonchev–Trinajstić information content (AvgIpc) is 2.82. The molecule has 0 bridgehead atoms. The third-order valence-electron chi connectivity index (χ3n) is 4.97. The minimum Gasteiger partial charge on any atom is -0.490 e. The minimum absolute atomic E-state index is 0.00799. The van der Waals surface area contributed by atoms with Crippen LogP contribution in [-0.4, -0.2) is 20.9 Å². The first-order chi connectivity index (χ1) is 17.1. The molecule has 0 aliphatic heterocycles. The van der Waals surface area contributed by atoms with Crippen LogP contribution in [0.1, 0.15) is 23.6 Å². The highest BCUT2D eigenvalue weighted by atomic mass is 127. The van der Waals surface area contributed by atoms with Crippen LogP contribution in [0.15, 0.2) is 65.1 Å². The lowest BCUT2D eigenvalue weighted by Gasteiger charge is -2.15. The fourth-order valence-electron chi connectivity index (χ4n) is 3.16. The molecule has 0 aliphatic carbocycles. The number of nitriles is 1. The van der Waals surface area contributed by atoms with Crippen LogP contribution < -0.4 is 14.2 Å². The summed E-state index contributed by atoms with van der Waals surface area (Å²) in [7, 11) is -4.12. The maximum atomic E-state index is 12.8. The number of carbonyl (C=O) groups is 1. The minimum atomic E-state index is -4.12. The van der Waals surface area contributed by atoms with E-state index < -0.39 is 16.0 Å². The monoisotopic (exact) mass is 636 g/mol. The molecule has 0 unspecified atom stereocenters. The van der Waals surface area contributed by atoms with Crippen molar-refractivity contribution in [1.29, 1.82) is 5.26 Å². The second-order valence-corrected chi connectivity index (χ2v) is 10.8. The van der Waals surface area contributed by atoms with Gasteiger partial charge in [0.05, 0.1) is 20.9 Å². The van der Waals surface area contributed by atoms with Crippen LogP contribution in [-0.2, 0) is 14.9 Å². The van der Waals surface area contributed by atoms with Gasteiger partial charge in [0.2, 0.25) is 0 Å². The Morgan fingerprint density at radius 2 is 1.86 bits per heavy atom. The van der Waals surface area contributed by atoms with Crippen molar-refractivity contribution in [3.63, 3.8) is 0 Å². The summed E-state index contributed by atoms with van der Waals surface area (Å²) in [4.78, 5) is 12.8. The van der Waals surface area contributed by atoms with Crippen molar-refractivity contribution in [1.82, 2.24) is 0 Å². The molecule has 0 aliphatic rings. The van der Waals surface area contributed by atoms with Crippen molar-refractivity contribution in [2.75, 3.05) is 11.9 Å². The average molecular weight is 637 g/mol. The van der Waals surface area contributed by atoms with Gasteiger partial charge < -0.3 is 14.2 Å². The van der Waals surface area contributed by atoms with Gasteiger partial charge in [0.1, 0.15) is 16.5 Å². The number of carbonyl (C=O) groups excluding carboxylic acids is 1. The largest absolute Gasteiger partial charge is 0.490 e. The number of para-hydroxylation sites is 1.